The molecule has 1 atom stereocenters. The number of amides is 3. The molecule has 0 saturated carbocycles. The molecule has 0 spiro atoms. The molecule has 7 nitrogen and oxygen atoms in total. The van der Waals surface area contributed by atoms with Crippen LogP contribution in [0.4, 0.5) is 4.79 Å². The fraction of sp³-hybridized carbons (Fsp3) is 0.389. The lowest BCUT2D eigenvalue weighted by Gasteiger charge is -2.21. The maximum absolute atomic E-state index is 11.8. The zero-order chi connectivity index (χ0) is 19.0. The molecule has 0 aromatic heterocycles. The summed E-state index contributed by atoms with van der Waals surface area (Å²) in [5, 5.41) is 4.70. The topological polar surface area (TPSA) is 93.7 Å². The number of imide groups is 1. The first-order chi connectivity index (χ1) is 11.6. The molecule has 0 aliphatic carbocycles. The van der Waals surface area contributed by atoms with E-state index in [9.17, 15) is 14.4 Å². The molecule has 1 rings (SSSR count). The van der Waals surface area contributed by atoms with Gasteiger partial charge in [-0.05, 0) is 51.5 Å². The van der Waals surface area contributed by atoms with Gasteiger partial charge >= 0.3 is 12.0 Å². The zero-order valence-corrected chi connectivity index (χ0v) is 15.1. The van der Waals surface area contributed by atoms with Gasteiger partial charge in [0.15, 0.2) is 6.10 Å². The van der Waals surface area contributed by atoms with E-state index in [4.69, 9.17) is 9.47 Å². The van der Waals surface area contributed by atoms with Crippen LogP contribution in [0.1, 0.15) is 33.3 Å². The van der Waals surface area contributed by atoms with Crippen LogP contribution >= 0.6 is 0 Å². The van der Waals surface area contributed by atoms with Crippen LogP contribution in [0.3, 0.4) is 0 Å². The largest absolute Gasteiger partial charge is 0.497 e. The van der Waals surface area contributed by atoms with Crippen molar-refractivity contribution in [1.29, 1.82) is 0 Å². The van der Waals surface area contributed by atoms with Crippen molar-refractivity contribution in [3.63, 3.8) is 0 Å². The Balaban J connectivity index is 2.53. The van der Waals surface area contributed by atoms with E-state index < -0.39 is 29.6 Å². The molecule has 0 radical (unpaired) electrons. The van der Waals surface area contributed by atoms with Gasteiger partial charge in [-0.15, -0.1) is 0 Å². The number of urea groups is 1. The summed E-state index contributed by atoms with van der Waals surface area (Å²) >= 11 is 0. The van der Waals surface area contributed by atoms with Crippen molar-refractivity contribution in [3.05, 3.63) is 35.9 Å². The lowest BCUT2D eigenvalue weighted by atomic mass is 10.1. The minimum Gasteiger partial charge on any atom is -0.497 e. The molecule has 25 heavy (non-hydrogen) atoms. The molecule has 136 valence electrons. The summed E-state index contributed by atoms with van der Waals surface area (Å²) in [5.74, 6) is -0.736. The van der Waals surface area contributed by atoms with Crippen LogP contribution in [0.5, 0.6) is 5.75 Å². The third-order valence-electron chi connectivity index (χ3n) is 2.89. The van der Waals surface area contributed by atoms with Crippen LogP contribution in [-0.4, -0.2) is 36.7 Å². The Morgan fingerprint density at radius 3 is 2.48 bits per heavy atom. The first-order valence-electron chi connectivity index (χ1n) is 7.76. The fourth-order valence-corrected chi connectivity index (χ4v) is 1.76. The maximum Gasteiger partial charge on any atom is 0.331 e. The zero-order valence-electron chi connectivity index (χ0n) is 15.1. The van der Waals surface area contributed by atoms with E-state index in [2.05, 4.69) is 10.6 Å². The summed E-state index contributed by atoms with van der Waals surface area (Å²) < 4.78 is 10.1. The van der Waals surface area contributed by atoms with Crippen LogP contribution in [-0.2, 0) is 14.3 Å². The summed E-state index contributed by atoms with van der Waals surface area (Å²) in [6.45, 7) is 6.73. The number of carbonyl (C=O) groups is 3. The maximum atomic E-state index is 11.8. The van der Waals surface area contributed by atoms with Gasteiger partial charge in [0, 0.05) is 11.6 Å². The summed E-state index contributed by atoms with van der Waals surface area (Å²) in [5.41, 5.74) is 0.266. The first kappa shape index (κ1) is 20.2. The Morgan fingerprint density at radius 2 is 1.88 bits per heavy atom. The number of carbonyl (C=O) groups excluding carboxylic acids is 3. The number of hydrogen-bond donors (Lipinski definition) is 2. The van der Waals surface area contributed by atoms with E-state index in [1.54, 1.807) is 58.2 Å². The lowest BCUT2D eigenvalue weighted by Crippen LogP contribution is -2.50. The SMILES string of the molecule is COc1cccc(/C=C/C(=O)OC(C)C(=O)NC(=O)NC(C)(C)C)c1. The van der Waals surface area contributed by atoms with Gasteiger partial charge < -0.3 is 14.8 Å². The standard InChI is InChI=1S/C18H24N2O5/c1-12(16(22)19-17(23)20-18(2,3)4)25-15(21)10-9-13-7-6-8-14(11-13)24-5/h6-12H,1-5H3,(H2,19,20,22,23)/b10-9+. The third kappa shape index (κ3) is 8.01. The summed E-state index contributed by atoms with van der Waals surface area (Å²) in [6, 6.07) is 6.46. The van der Waals surface area contributed by atoms with Crippen molar-refractivity contribution in [2.24, 2.45) is 0 Å². The van der Waals surface area contributed by atoms with Crippen LogP contribution in [0.2, 0.25) is 0 Å². The van der Waals surface area contributed by atoms with Crippen LogP contribution in [0.25, 0.3) is 6.08 Å². The highest BCUT2D eigenvalue weighted by molar-refractivity contribution is 5.98. The van der Waals surface area contributed by atoms with E-state index in [1.807, 2.05) is 0 Å². The first-order valence-corrected chi connectivity index (χ1v) is 7.76. The second-order valence-electron chi connectivity index (χ2n) is 6.38. The molecular formula is C18H24N2O5. The monoisotopic (exact) mass is 348 g/mol. The molecule has 1 aromatic rings. The predicted octanol–water partition coefficient (Wildman–Crippen LogP) is 2.26. The summed E-state index contributed by atoms with van der Waals surface area (Å²) in [4.78, 5) is 35.2. The van der Waals surface area contributed by atoms with Crippen LogP contribution in [0, 0.1) is 0 Å². The van der Waals surface area contributed by atoms with E-state index >= 15 is 0 Å². The van der Waals surface area contributed by atoms with Crippen molar-refractivity contribution in [2.45, 2.75) is 39.3 Å². The number of methoxy groups -OCH3 is 1. The fourth-order valence-electron chi connectivity index (χ4n) is 1.76. The van der Waals surface area contributed by atoms with Crippen molar-refractivity contribution >= 4 is 24.0 Å². The van der Waals surface area contributed by atoms with E-state index in [0.29, 0.717) is 5.75 Å². The highest BCUT2D eigenvalue weighted by Gasteiger charge is 2.21. The Hall–Kier alpha value is -2.83. The van der Waals surface area contributed by atoms with Gasteiger partial charge in [-0.25, -0.2) is 9.59 Å². The van der Waals surface area contributed by atoms with Gasteiger partial charge in [0.1, 0.15) is 5.75 Å². The normalized spacial score (nSPS) is 12.4. The lowest BCUT2D eigenvalue weighted by molar-refractivity contribution is -0.149. The number of ether oxygens (including phenoxy) is 2. The average molecular weight is 348 g/mol. The van der Waals surface area contributed by atoms with Gasteiger partial charge in [0.25, 0.3) is 5.91 Å². The number of esters is 1. The van der Waals surface area contributed by atoms with Gasteiger partial charge in [-0.3, -0.25) is 10.1 Å². The molecule has 0 aliphatic rings. The molecule has 0 saturated heterocycles. The van der Waals surface area contributed by atoms with Gasteiger partial charge in [-0.1, -0.05) is 12.1 Å². The van der Waals surface area contributed by atoms with Crippen LogP contribution < -0.4 is 15.4 Å². The molecule has 0 bridgehead atoms. The molecule has 1 aromatic carbocycles. The van der Waals surface area contributed by atoms with E-state index in [-0.39, 0.29) is 0 Å². The molecular weight excluding hydrogens is 324 g/mol. The highest BCUT2D eigenvalue weighted by atomic mass is 16.5. The molecule has 0 heterocycles. The predicted molar refractivity (Wildman–Crippen MR) is 94.0 cm³/mol. The number of benzene rings is 1. The second kappa shape index (κ2) is 8.86. The Labute approximate surface area is 147 Å². The minimum atomic E-state index is -1.10. The molecule has 2 N–H and O–H groups in total. The Morgan fingerprint density at radius 1 is 1.20 bits per heavy atom. The number of nitrogens with one attached hydrogen (secondary N) is 2. The van der Waals surface area contributed by atoms with Crippen molar-refractivity contribution in [3.8, 4) is 5.75 Å². The van der Waals surface area contributed by atoms with Gasteiger partial charge in [0.2, 0.25) is 0 Å². The molecule has 1 unspecified atom stereocenters. The summed E-state index contributed by atoms with van der Waals surface area (Å²) in [7, 11) is 1.55. The molecule has 0 aliphatic heterocycles. The molecule has 3 amide bonds. The van der Waals surface area contributed by atoms with E-state index in [1.165, 1.54) is 13.0 Å². The van der Waals surface area contributed by atoms with Gasteiger partial charge in [-0.2, -0.15) is 0 Å². The molecule has 0 fully saturated rings. The molecule has 7 heteroatoms. The van der Waals surface area contributed by atoms with Gasteiger partial charge in [0.05, 0.1) is 7.11 Å². The Bertz CT molecular complexity index is 662. The number of hydrogen-bond acceptors (Lipinski definition) is 5. The Kier molecular flexibility index (Phi) is 7.17. The quantitative estimate of drug-likeness (QED) is 0.629. The average Bonchev–Trinajstić information content (AvgIpc) is 2.51. The van der Waals surface area contributed by atoms with E-state index in [0.717, 1.165) is 5.56 Å². The van der Waals surface area contributed by atoms with Crippen molar-refractivity contribution in [1.82, 2.24) is 10.6 Å². The minimum absolute atomic E-state index is 0.482. The highest BCUT2D eigenvalue weighted by Crippen LogP contribution is 2.13. The van der Waals surface area contributed by atoms with Crippen LogP contribution in [0.15, 0.2) is 30.3 Å². The van der Waals surface area contributed by atoms with Crippen molar-refractivity contribution in [2.75, 3.05) is 7.11 Å². The number of rotatable bonds is 5. The summed E-state index contributed by atoms with van der Waals surface area (Å²) in [6.07, 6.45) is 1.64. The smallest absolute Gasteiger partial charge is 0.331 e. The second-order valence-corrected chi connectivity index (χ2v) is 6.38. The third-order valence-corrected chi connectivity index (χ3v) is 2.89. The van der Waals surface area contributed by atoms with Crippen molar-refractivity contribution < 1.29 is 23.9 Å².